The second kappa shape index (κ2) is 50.8. The molecule has 0 bridgehead atoms. The van der Waals surface area contributed by atoms with Crippen LogP contribution < -0.4 is 0 Å². The van der Waals surface area contributed by atoms with Crippen molar-refractivity contribution in [3.05, 3.63) is 113 Å². The second-order valence-corrected chi connectivity index (χ2v) is 10.7. The van der Waals surface area contributed by atoms with Gasteiger partial charge in [0.05, 0.1) is 0 Å². The molecule has 276 valence electrons. The lowest BCUT2D eigenvalue weighted by molar-refractivity contribution is 0.656. The van der Waals surface area contributed by atoms with Gasteiger partial charge in [-0.15, -0.1) is 13.0 Å². The first-order chi connectivity index (χ1) is 23.1. The number of terminal acetylenes is 1. The lowest BCUT2D eigenvalue weighted by atomic mass is 10.0. The number of rotatable bonds is 7. The number of hydrogen-bond donors (Lipinski definition) is 0. The van der Waals surface area contributed by atoms with Crippen LogP contribution in [0.25, 0.3) is 5.57 Å². The van der Waals surface area contributed by atoms with Gasteiger partial charge >= 0.3 is 0 Å². The highest BCUT2D eigenvalue weighted by Gasteiger charge is 1.97. The van der Waals surface area contributed by atoms with Crippen molar-refractivity contribution in [2.75, 3.05) is 0 Å². The normalized spacial score (nSPS) is 9.52. The Balaban J connectivity index is -0.000000110. The van der Waals surface area contributed by atoms with Crippen LogP contribution in [-0.2, 0) is 0 Å². The van der Waals surface area contributed by atoms with Crippen LogP contribution in [0.4, 0.5) is 0 Å². The van der Waals surface area contributed by atoms with Crippen molar-refractivity contribution in [3.8, 4) is 12.3 Å². The van der Waals surface area contributed by atoms with Crippen LogP contribution >= 0.6 is 0 Å². The second-order valence-electron chi connectivity index (χ2n) is 10.7. The van der Waals surface area contributed by atoms with Crippen molar-refractivity contribution in [1.29, 1.82) is 0 Å². The fourth-order valence-corrected chi connectivity index (χ4v) is 3.35. The standard InChI is InChI=1S/C11H14.C9H8.C7H10.C7H16.C4H10.C4H8.3C2H6/c1-8(2)11-7-9(3)5-6-10(11)4;1-3-9-7-5-4-6-8(9)2;1-7-5-3-2-4-6-7;1-3-5-7-6-4-2;2*1-3-4-2;3*1-2/h5-7H,1H2,2-4H3;1,4-7H,2H3;3,5-6H,2,4H2,1H3;3-7H2,1-2H3;3-4H2,1-2H3;3H,1,4H2,2H3;3*1-2H3. The maximum Gasteiger partial charge on any atom is 0.0271 e. The van der Waals surface area contributed by atoms with Crippen molar-refractivity contribution >= 4 is 5.57 Å². The molecule has 0 unspecified atom stereocenters. The summed E-state index contributed by atoms with van der Waals surface area (Å²) in [5.41, 5.74) is 8.59. The van der Waals surface area contributed by atoms with E-state index in [9.17, 15) is 0 Å². The van der Waals surface area contributed by atoms with Crippen LogP contribution in [0.1, 0.15) is 182 Å². The summed E-state index contributed by atoms with van der Waals surface area (Å²) in [7, 11) is 0. The van der Waals surface area contributed by atoms with Crippen molar-refractivity contribution in [2.24, 2.45) is 0 Å². The predicted molar refractivity (Wildman–Crippen MR) is 231 cm³/mol. The molecule has 0 nitrogen and oxygen atoms in total. The van der Waals surface area contributed by atoms with Gasteiger partial charge in [-0.05, 0) is 76.6 Å². The van der Waals surface area contributed by atoms with Crippen molar-refractivity contribution in [1.82, 2.24) is 0 Å². The molecule has 0 saturated heterocycles. The number of unbranched alkanes of at least 4 members (excludes halogenated alkanes) is 5. The summed E-state index contributed by atoms with van der Waals surface area (Å²) in [6.45, 7) is 40.7. The number of hydrogen-bond acceptors (Lipinski definition) is 0. The van der Waals surface area contributed by atoms with Gasteiger partial charge in [0, 0.05) is 5.56 Å². The largest absolute Gasteiger partial charge is 0.115 e. The van der Waals surface area contributed by atoms with E-state index in [2.05, 4.69) is 111 Å². The van der Waals surface area contributed by atoms with Gasteiger partial charge < -0.3 is 0 Å². The van der Waals surface area contributed by atoms with E-state index in [0.717, 1.165) is 17.6 Å². The molecule has 0 aliphatic heterocycles. The van der Waals surface area contributed by atoms with Gasteiger partial charge in [0.25, 0.3) is 0 Å². The van der Waals surface area contributed by atoms with E-state index in [0.29, 0.717) is 0 Å². The minimum absolute atomic E-state index is 0.984. The van der Waals surface area contributed by atoms with E-state index in [-0.39, 0.29) is 0 Å². The maximum absolute atomic E-state index is 5.20. The summed E-state index contributed by atoms with van der Waals surface area (Å²) in [5.74, 6) is 2.60. The summed E-state index contributed by atoms with van der Waals surface area (Å²) in [6.07, 6.45) is 26.9. The SMILES string of the molecule is C#Cc1ccccc1C.C=C(C)c1cc(C)ccc1C.C=CCC.CC.CC.CC.CC1=CCCC=C1.CCCC.CCCCCCC. The molecule has 0 radical (unpaired) electrons. The topological polar surface area (TPSA) is 0 Å². The van der Waals surface area contributed by atoms with Crippen molar-refractivity contribution < 1.29 is 0 Å². The Bertz CT molecular complexity index is 1020. The third-order valence-electron chi connectivity index (χ3n) is 6.33. The van der Waals surface area contributed by atoms with Crippen LogP contribution in [0.3, 0.4) is 0 Å². The molecule has 0 aromatic heterocycles. The Morgan fingerprint density at radius 2 is 1.23 bits per heavy atom. The Morgan fingerprint density at radius 1 is 0.729 bits per heavy atom. The van der Waals surface area contributed by atoms with E-state index in [4.69, 9.17) is 6.42 Å². The number of benzene rings is 2. The van der Waals surface area contributed by atoms with E-state index in [1.54, 1.807) is 0 Å². The third-order valence-corrected chi connectivity index (χ3v) is 6.33. The van der Waals surface area contributed by atoms with Crippen LogP contribution in [0.2, 0.25) is 0 Å². The molecule has 0 saturated carbocycles. The van der Waals surface area contributed by atoms with Crippen LogP contribution in [0.5, 0.6) is 0 Å². The van der Waals surface area contributed by atoms with E-state index in [1.807, 2.05) is 85.7 Å². The molecular weight excluding hydrogens is 577 g/mol. The zero-order valence-corrected chi connectivity index (χ0v) is 35.4. The third kappa shape index (κ3) is 45.1. The molecule has 0 amide bonds. The summed E-state index contributed by atoms with van der Waals surface area (Å²) in [4.78, 5) is 0. The van der Waals surface area contributed by atoms with Gasteiger partial charge in [-0.25, -0.2) is 0 Å². The molecule has 0 heterocycles. The fourth-order valence-electron chi connectivity index (χ4n) is 3.35. The fraction of sp³-hybridized carbons (Fsp3) is 0.542. The van der Waals surface area contributed by atoms with Gasteiger partial charge in [0.1, 0.15) is 0 Å². The molecule has 2 aromatic carbocycles. The van der Waals surface area contributed by atoms with Crippen LogP contribution in [-0.4, -0.2) is 0 Å². The monoisotopic (exact) mass is 661 g/mol. The quantitative estimate of drug-likeness (QED) is 0.157. The molecule has 0 N–H and O–H groups in total. The lowest BCUT2D eigenvalue weighted by Crippen LogP contribution is -1.85. The Hall–Kier alpha value is -3.04. The maximum atomic E-state index is 5.20. The zero-order valence-electron chi connectivity index (χ0n) is 35.4. The smallest absolute Gasteiger partial charge is 0.0271 e. The first kappa shape index (κ1) is 57.2. The summed E-state index contributed by atoms with van der Waals surface area (Å²) in [5, 5.41) is 0. The van der Waals surface area contributed by atoms with E-state index >= 15 is 0 Å². The molecule has 3 rings (SSSR count). The first-order valence-corrected chi connectivity index (χ1v) is 19.3. The van der Waals surface area contributed by atoms with Gasteiger partial charge in [0.2, 0.25) is 0 Å². The predicted octanol–water partition coefficient (Wildman–Crippen LogP) is 17.0. The first-order valence-electron chi connectivity index (χ1n) is 19.3. The lowest BCUT2D eigenvalue weighted by Gasteiger charge is -2.05. The molecule has 0 fully saturated rings. The Labute approximate surface area is 305 Å². The highest BCUT2D eigenvalue weighted by molar-refractivity contribution is 5.64. The Morgan fingerprint density at radius 3 is 1.50 bits per heavy atom. The van der Waals surface area contributed by atoms with Gasteiger partial charge in [-0.1, -0.05) is 211 Å². The molecule has 1 aliphatic carbocycles. The average Bonchev–Trinajstić information content (AvgIpc) is 3.13. The van der Waals surface area contributed by atoms with Crippen molar-refractivity contribution in [3.63, 3.8) is 0 Å². The van der Waals surface area contributed by atoms with Crippen LogP contribution in [0, 0.1) is 33.1 Å². The molecule has 1 aliphatic rings. The molecule has 0 spiro atoms. The van der Waals surface area contributed by atoms with Gasteiger partial charge in [-0.2, -0.15) is 0 Å². The molecule has 0 heteroatoms. The van der Waals surface area contributed by atoms with Gasteiger partial charge in [-0.3, -0.25) is 0 Å². The summed E-state index contributed by atoms with van der Waals surface area (Å²) < 4.78 is 0. The molecule has 48 heavy (non-hydrogen) atoms. The van der Waals surface area contributed by atoms with E-state index in [1.165, 1.54) is 85.6 Å². The highest BCUT2D eigenvalue weighted by atomic mass is 14.0. The van der Waals surface area contributed by atoms with Gasteiger partial charge in [0.15, 0.2) is 0 Å². The molecule has 2 aromatic rings. The minimum Gasteiger partial charge on any atom is -0.115 e. The number of allylic oxidation sites excluding steroid dienone is 6. The summed E-state index contributed by atoms with van der Waals surface area (Å²) in [6, 6.07) is 14.3. The molecule has 0 atom stereocenters. The van der Waals surface area contributed by atoms with Crippen molar-refractivity contribution in [2.45, 2.75) is 175 Å². The molecular formula is C48H84. The Kier molecular flexibility index (Phi) is 60.6. The highest BCUT2D eigenvalue weighted by Crippen LogP contribution is 2.17. The minimum atomic E-state index is 0.984. The number of aryl methyl sites for hydroxylation is 3. The average molecular weight is 661 g/mol. The van der Waals surface area contributed by atoms with E-state index < -0.39 is 0 Å². The zero-order chi connectivity index (χ0) is 38.6. The van der Waals surface area contributed by atoms with Crippen LogP contribution in [0.15, 0.2) is 85.5 Å². The summed E-state index contributed by atoms with van der Waals surface area (Å²) >= 11 is 0.